The molecular formula is C7H10N6O2. The van der Waals surface area contributed by atoms with E-state index in [9.17, 15) is 9.59 Å². The third kappa shape index (κ3) is 1.27. The summed E-state index contributed by atoms with van der Waals surface area (Å²) < 4.78 is 2.27. The van der Waals surface area contributed by atoms with Crippen LogP contribution in [0.25, 0.3) is 11.2 Å². The van der Waals surface area contributed by atoms with E-state index in [4.69, 9.17) is 5.84 Å². The average molecular weight is 210 g/mol. The Kier molecular flexibility index (Phi) is 2.14. The molecule has 0 aliphatic heterocycles. The number of aryl methyl sites for hydroxylation is 1. The van der Waals surface area contributed by atoms with Crippen LogP contribution < -0.4 is 22.5 Å². The van der Waals surface area contributed by atoms with Gasteiger partial charge in [-0.1, -0.05) is 0 Å². The lowest BCUT2D eigenvalue weighted by atomic mass is 10.5. The molecule has 0 atom stereocenters. The molecule has 8 nitrogen and oxygen atoms in total. The van der Waals surface area contributed by atoms with Crippen LogP contribution in [-0.4, -0.2) is 19.1 Å². The van der Waals surface area contributed by atoms with Crippen molar-refractivity contribution in [3.05, 3.63) is 27.2 Å². The molecule has 2 aromatic heterocycles. The van der Waals surface area contributed by atoms with Gasteiger partial charge >= 0.3 is 5.69 Å². The molecule has 0 spiro atoms. The Morgan fingerprint density at radius 1 is 1.60 bits per heavy atom. The van der Waals surface area contributed by atoms with Crippen LogP contribution in [0.2, 0.25) is 0 Å². The molecule has 80 valence electrons. The number of aromatic amines is 1. The summed E-state index contributed by atoms with van der Waals surface area (Å²) in [6.07, 6.45) is 1.37. The maximum Gasteiger partial charge on any atom is 0.333 e. The van der Waals surface area contributed by atoms with E-state index >= 15 is 0 Å². The zero-order chi connectivity index (χ0) is 11.0. The van der Waals surface area contributed by atoms with Gasteiger partial charge in [0.15, 0.2) is 5.65 Å². The standard InChI is InChI=1S/C7H10N6O2/c1-12-5-4(9-2-10-5)6(14)13(3-11-8)7(12)15/h2,11H,3,8H2,1H3,(H,9,10). The Morgan fingerprint density at radius 2 is 2.33 bits per heavy atom. The van der Waals surface area contributed by atoms with Gasteiger partial charge in [0, 0.05) is 7.05 Å². The fourth-order valence-electron chi connectivity index (χ4n) is 1.42. The largest absolute Gasteiger partial charge is 0.339 e. The molecular weight excluding hydrogens is 200 g/mol. The van der Waals surface area contributed by atoms with E-state index in [1.54, 1.807) is 0 Å². The highest BCUT2D eigenvalue weighted by Gasteiger charge is 2.11. The molecule has 0 amide bonds. The molecule has 0 radical (unpaired) electrons. The number of hydrazine groups is 1. The minimum atomic E-state index is -0.461. The summed E-state index contributed by atoms with van der Waals surface area (Å²) in [6, 6.07) is 0. The van der Waals surface area contributed by atoms with Crippen molar-refractivity contribution in [1.29, 1.82) is 0 Å². The normalized spacial score (nSPS) is 11.1. The zero-order valence-corrected chi connectivity index (χ0v) is 8.02. The van der Waals surface area contributed by atoms with E-state index in [2.05, 4.69) is 15.4 Å². The van der Waals surface area contributed by atoms with Gasteiger partial charge in [0.2, 0.25) is 0 Å². The van der Waals surface area contributed by atoms with Crippen LogP contribution in [0.1, 0.15) is 0 Å². The SMILES string of the molecule is Cn1c(=O)n(CNN)c(=O)c2[nH]cnc21. The second kappa shape index (κ2) is 3.33. The molecule has 0 bridgehead atoms. The maximum absolute atomic E-state index is 11.7. The van der Waals surface area contributed by atoms with Crippen molar-refractivity contribution in [2.75, 3.05) is 0 Å². The fraction of sp³-hybridized carbons (Fsp3) is 0.286. The summed E-state index contributed by atoms with van der Waals surface area (Å²) in [7, 11) is 1.54. The lowest BCUT2D eigenvalue weighted by Gasteiger charge is -2.06. The highest BCUT2D eigenvalue weighted by Crippen LogP contribution is 1.97. The number of rotatable bonds is 2. The van der Waals surface area contributed by atoms with Crippen LogP contribution in [0.5, 0.6) is 0 Å². The first-order valence-corrected chi connectivity index (χ1v) is 4.23. The Morgan fingerprint density at radius 3 is 3.00 bits per heavy atom. The highest BCUT2D eigenvalue weighted by atomic mass is 16.2. The monoisotopic (exact) mass is 210 g/mol. The average Bonchev–Trinajstić information content (AvgIpc) is 2.70. The van der Waals surface area contributed by atoms with Crippen LogP contribution in [0, 0.1) is 0 Å². The van der Waals surface area contributed by atoms with Gasteiger partial charge in [-0.2, -0.15) is 0 Å². The lowest BCUT2D eigenvalue weighted by Crippen LogP contribution is -2.43. The minimum absolute atomic E-state index is 0.0412. The molecule has 2 aromatic rings. The zero-order valence-electron chi connectivity index (χ0n) is 8.02. The Bertz CT molecular complexity index is 606. The Hall–Kier alpha value is -1.93. The number of nitrogens with two attached hydrogens (primary N) is 1. The summed E-state index contributed by atoms with van der Waals surface area (Å²) in [6.45, 7) is -0.0412. The molecule has 2 heterocycles. The van der Waals surface area contributed by atoms with Gasteiger partial charge in [0.05, 0.1) is 13.0 Å². The second-order valence-electron chi connectivity index (χ2n) is 3.04. The van der Waals surface area contributed by atoms with Crippen molar-refractivity contribution < 1.29 is 0 Å². The second-order valence-corrected chi connectivity index (χ2v) is 3.04. The van der Waals surface area contributed by atoms with E-state index in [0.717, 1.165) is 4.57 Å². The number of H-pyrrole nitrogens is 1. The maximum atomic E-state index is 11.7. The van der Waals surface area contributed by atoms with Gasteiger partial charge in [-0.05, 0) is 0 Å². The minimum Gasteiger partial charge on any atom is -0.339 e. The van der Waals surface area contributed by atoms with Crippen molar-refractivity contribution in [2.24, 2.45) is 12.9 Å². The molecule has 0 aliphatic rings. The summed E-state index contributed by atoms with van der Waals surface area (Å²) in [5.74, 6) is 5.08. The van der Waals surface area contributed by atoms with Crippen LogP contribution in [0.3, 0.4) is 0 Å². The van der Waals surface area contributed by atoms with Crippen molar-refractivity contribution in [3.63, 3.8) is 0 Å². The van der Waals surface area contributed by atoms with Crippen molar-refractivity contribution in [1.82, 2.24) is 24.5 Å². The molecule has 15 heavy (non-hydrogen) atoms. The van der Waals surface area contributed by atoms with Crippen molar-refractivity contribution >= 4 is 11.2 Å². The quantitative estimate of drug-likeness (QED) is 0.386. The van der Waals surface area contributed by atoms with Crippen LogP contribution in [0.15, 0.2) is 15.9 Å². The molecule has 0 saturated carbocycles. The molecule has 0 aromatic carbocycles. The molecule has 0 unspecified atom stereocenters. The number of nitrogens with one attached hydrogen (secondary N) is 2. The molecule has 0 fully saturated rings. The van der Waals surface area contributed by atoms with Gasteiger partial charge in [0.25, 0.3) is 5.56 Å². The molecule has 8 heteroatoms. The predicted octanol–water partition coefficient (Wildman–Crippen LogP) is -2.16. The number of nitrogens with zero attached hydrogens (tertiary/aromatic N) is 3. The first-order valence-electron chi connectivity index (χ1n) is 4.23. The Balaban J connectivity index is 2.93. The van der Waals surface area contributed by atoms with E-state index in [1.807, 2.05) is 0 Å². The van der Waals surface area contributed by atoms with Crippen molar-refractivity contribution in [2.45, 2.75) is 6.67 Å². The Labute approximate surface area is 83.3 Å². The lowest BCUT2D eigenvalue weighted by molar-refractivity contribution is 0.526. The topological polar surface area (TPSA) is 111 Å². The van der Waals surface area contributed by atoms with E-state index < -0.39 is 11.2 Å². The number of imidazole rings is 1. The predicted molar refractivity (Wildman–Crippen MR) is 52.9 cm³/mol. The smallest absolute Gasteiger partial charge is 0.333 e. The third-order valence-corrected chi connectivity index (χ3v) is 2.16. The number of hydrogen-bond donors (Lipinski definition) is 3. The fourth-order valence-corrected chi connectivity index (χ4v) is 1.42. The number of fused-ring (bicyclic) bond motifs is 1. The van der Waals surface area contributed by atoms with Crippen LogP contribution in [-0.2, 0) is 13.7 Å². The summed E-state index contributed by atoms with van der Waals surface area (Å²) in [5, 5.41) is 0. The van der Waals surface area contributed by atoms with E-state index in [-0.39, 0.29) is 12.2 Å². The van der Waals surface area contributed by atoms with Gasteiger partial charge in [-0.15, -0.1) is 0 Å². The van der Waals surface area contributed by atoms with E-state index in [1.165, 1.54) is 17.9 Å². The van der Waals surface area contributed by atoms with Crippen LogP contribution >= 0.6 is 0 Å². The molecule has 2 rings (SSSR count). The highest BCUT2D eigenvalue weighted by molar-refractivity contribution is 5.68. The first kappa shape index (κ1) is 9.62. The summed E-state index contributed by atoms with van der Waals surface area (Å²) in [4.78, 5) is 30.0. The van der Waals surface area contributed by atoms with E-state index in [0.29, 0.717) is 5.65 Å². The molecule has 0 aliphatic carbocycles. The first-order chi connectivity index (χ1) is 7.16. The van der Waals surface area contributed by atoms with Gasteiger partial charge in [0.1, 0.15) is 5.52 Å². The third-order valence-electron chi connectivity index (χ3n) is 2.16. The summed E-state index contributed by atoms with van der Waals surface area (Å²) >= 11 is 0. The molecule has 0 saturated heterocycles. The number of aromatic nitrogens is 4. The number of hydrogen-bond acceptors (Lipinski definition) is 5. The van der Waals surface area contributed by atoms with Crippen LogP contribution in [0.4, 0.5) is 0 Å². The van der Waals surface area contributed by atoms with Gasteiger partial charge in [-0.3, -0.25) is 15.2 Å². The summed E-state index contributed by atoms with van der Waals surface area (Å²) in [5.41, 5.74) is 1.98. The van der Waals surface area contributed by atoms with Crippen molar-refractivity contribution in [3.8, 4) is 0 Å². The van der Waals surface area contributed by atoms with Gasteiger partial charge < -0.3 is 4.98 Å². The van der Waals surface area contributed by atoms with Gasteiger partial charge in [-0.25, -0.2) is 19.8 Å². The molecule has 4 N–H and O–H groups in total.